The Balaban J connectivity index is 2.06. The van der Waals surface area contributed by atoms with Gasteiger partial charge in [-0.1, -0.05) is 20.8 Å². The molecule has 0 spiro atoms. The number of H-pyrrole nitrogens is 1. The van der Waals surface area contributed by atoms with Crippen LogP contribution in [0.5, 0.6) is 0 Å². The summed E-state index contributed by atoms with van der Waals surface area (Å²) in [5.41, 5.74) is 0.639. The maximum Gasteiger partial charge on any atom is 0.274 e. The highest BCUT2D eigenvalue weighted by Crippen LogP contribution is 2.22. The van der Waals surface area contributed by atoms with Crippen LogP contribution in [0.2, 0.25) is 0 Å². The standard InChI is InChI=1S/C14H21N5O/c1-14(2,3)12-17-13-16-10(7-11(20)19(13)18-12)9-5-4-6-15-8-9/h7,9,15H,4-6,8H2,1-3H3,(H,16,17,18). The number of hydrogen-bond donors (Lipinski definition) is 2. The van der Waals surface area contributed by atoms with Gasteiger partial charge in [0.05, 0.1) is 5.69 Å². The molecule has 1 saturated heterocycles. The predicted molar refractivity (Wildman–Crippen MR) is 77.2 cm³/mol. The largest absolute Gasteiger partial charge is 0.316 e. The molecule has 1 aliphatic rings. The van der Waals surface area contributed by atoms with E-state index in [2.05, 4.69) is 41.2 Å². The van der Waals surface area contributed by atoms with Crippen LogP contribution in [-0.4, -0.2) is 32.7 Å². The molecule has 0 amide bonds. The smallest absolute Gasteiger partial charge is 0.274 e. The van der Waals surface area contributed by atoms with Gasteiger partial charge in [-0.2, -0.15) is 9.50 Å². The third kappa shape index (κ3) is 2.35. The molecule has 1 aliphatic heterocycles. The normalized spacial score (nSPS) is 20.4. The van der Waals surface area contributed by atoms with E-state index in [1.54, 1.807) is 6.07 Å². The van der Waals surface area contributed by atoms with E-state index in [-0.39, 0.29) is 11.0 Å². The van der Waals surface area contributed by atoms with Gasteiger partial charge in [-0.15, -0.1) is 0 Å². The molecule has 20 heavy (non-hydrogen) atoms. The molecule has 0 radical (unpaired) electrons. The quantitative estimate of drug-likeness (QED) is 0.819. The number of rotatable bonds is 1. The summed E-state index contributed by atoms with van der Waals surface area (Å²) in [4.78, 5) is 21.3. The molecule has 0 saturated carbocycles. The van der Waals surface area contributed by atoms with E-state index in [0.717, 1.165) is 37.4 Å². The van der Waals surface area contributed by atoms with Crippen molar-refractivity contribution in [2.75, 3.05) is 13.1 Å². The van der Waals surface area contributed by atoms with Crippen molar-refractivity contribution in [3.05, 3.63) is 27.9 Å². The van der Waals surface area contributed by atoms with Crippen molar-refractivity contribution in [1.82, 2.24) is 24.9 Å². The van der Waals surface area contributed by atoms with Crippen LogP contribution >= 0.6 is 0 Å². The van der Waals surface area contributed by atoms with Crippen LogP contribution in [-0.2, 0) is 5.41 Å². The minimum atomic E-state index is -0.132. The van der Waals surface area contributed by atoms with Crippen molar-refractivity contribution in [3.8, 4) is 0 Å². The lowest BCUT2D eigenvalue weighted by molar-refractivity contribution is 0.454. The van der Waals surface area contributed by atoms with Gasteiger partial charge in [0.2, 0.25) is 0 Å². The molecule has 1 fully saturated rings. The number of nitrogens with one attached hydrogen (secondary N) is 2. The zero-order chi connectivity index (χ0) is 14.3. The van der Waals surface area contributed by atoms with Crippen LogP contribution in [0.1, 0.15) is 51.0 Å². The molecule has 0 aromatic carbocycles. The van der Waals surface area contributed by atoms with Crippen LogP contribution in [0.4, 0.5) is 0 Å². The van der Waals surface area contributed by atoms with Crippen molar-refractivity contribution in [2.24, 2.45) is 0 Å². The minimum absolute atomic E-state index is 0.0847. The molecule has 6 nitrogen and oxygen atoms in total. The van der Waals surface area contributed by atoms with E-state index in [4.69, 9.17) is 0 Å². The van der Waals surface area contributed by atoms with Gasteiger partial charge in [0.1, 0.15) is 5.82 Å². The molecule has 108 valence electrons. The highest BCUT2D eigenvalue weighted by molar-refractivity contribution is 5.30. The minimum Gasteiger partial charge on any atom is -0.316 e. The van der Waals surface area contributed by atoms with Gasteiger partial charge in [0.25, 0.3) is 11.3 Å². The first-order valence-corrected chi connectivity index (χ1v) is 7.16. The Morgan fingerprint density at radius 2 is 2.15 bits per heavy atom. The molecule has 2 N–H and O–H groups in total. The van der Waals surface area contributed by atoms with Gasteiger partial charge >= 0.3 is 0 Å². The van der Waals surface area contributed by atoms with Gasteiger partial charge in [-0.25, -0.2) is 4.98 Å². The maximum atomic E-state index is 12.2. The van der Waals surface area contributed by atoms with E-state index in [1.165, 1.54) is 4.52 Å². The Labute approximate surface area is 117 Å². The highest BCUT2D eigenvalue weighted by Gasteiger charge is 2.22. The monoisotopic (exact) mass is 275 g/mol. The Bertz CT molecular complexity index is 673. The highest BCUT2D eigenvalue weighted by atomic mass is 16.1. The van der Waals surface area contributed by atoms with Gasteiger partial charge in [0.15, 0.2) is 0 Å². The molecule has 0 bridgehead atoms. The molecule has 2 aromatic heterocycles. The van der Waals surface area contributed by atoms with Crippen LogP contribution < -0.4 is 10.9 Å². The van der Waals surface area contributed by atoms with E-state index < -0.39 is 0 Å². The fourth-order valence-electron chi connectivity index (χ4n) is 2.55. The summed E-state index contributed by atoms with van der Waals surface area (Å²) in [6.07, 6.45) is 2.20. The Morgan fingerprint density at radius 3 is 2.80 bits per heavy atom. The number of nitrogens with zero attached hydrogens (tertiary/aromatic N) is 3. The lowest BCUT2D eigenvalue weighted by Gasteiger charge is -2.21. The van der Waals surface area contributed by atoms with Crippen molar-refractivity contribution in [3.63, 3.8) is 0 Å². The number of aromatic amines is 1. The maximum absolute atomic E-state index is 12.2. The molecule has 3 heterocycles. The Hall–Kier alpha value is -1.69. The summed E-state index contributed by atoms with van der Waals surface area (Å²) in [6.45, 7) is 8.11. The van der Waals surface area contributed by atoms with Crippen LogP contribution in [0.25, 0.3) is 5.78 Å². The molecule has 0 aliphatic carbocycles. The number of hydrogen-bond acceptors (Lipinski definition) is 4. The van der Waals surface area contributed by atoms with Crippen molar-refractivity contribution < 1.29 is 0 Å². The van der Waals surface area contributed by atoms with E-state index >= 15 is 0 Å². The first-order valence-electron chi connectivity index (χ1n) is 7.16. The summed E-state index contributed by atoms with van der Waals surface area (Å²) in [5, 5.41) is 6.40. The third-order valence-electron chi connectivity index (χ3n) is 3.78. The van der Waals surface area contributed by atoms with Crippen LogP contribution in [0, 0.1) is 0 Å². The number of aromatic nitrogens is 4. The fraction of sp³-hybridized carbons (Fsp3) is 0.643. The molecule has 3 rings (SSSR count). The van der Waals surface area contributed by atoms with Crippen molar-refractivity contribution in [1.29, 1.82) is 0 Å². The molecule has 1 unspecified atom stereocenters. The lowest BCUT2D eigenvalue weighted by Crippen LogP contribution is -2.30. The first-order chi connectivity index (χ1) is 9.45. The molecule has 1 atom stereocenters. The second kappa shape index (κ2) is 4.70. The Kier molecular flexibility index (Phi) is 3.12. The summed E-state index contributed by atoms with van der Waals surface area (Å²) in [6, 6.07) is 1.63. The van der Waals surface area contributed by atoms with Gasteiger partial charge in [0, 0.05) is 23.9 Å². The third-order valence-corrected chi connectivity index (χ3v) is 3.78. The summed E-state index contributed by atoms with van der Waals surface area (Å²) < 4.78 is 1.43. The van der Waals surface area contributed by atoms with Crippen molar-refractivity contribution in [2.45, 2.75) is 44.9 Å². The number of piperidine rings is 1. The molecular weight excluding hydrogens is 254 g/mol. The topological polar surface area (TPSA) is 75.1 Å². The SMILES string of the molecule is CC(C)(C)c1nc2nc(C3CCCNC3)cc(=O)n2[nH]1. The van der Waals surface area contributed by atoms with E-state index in [9.17, 15) is 4.79 Å². The van der Waals surface area contributed by atoms with E-state index in [1.807, 2.05) is 0 Å². The van der Waals surface area contributed by atoms with Gasteiger partial charge in [-0.3, -0.25) is 9.89 Å². The zero-order valence-electron chi connectivity index (χ0n) is 12.2. The van der Waals surface area contributed by atoms with E-state index in [0.29, 0.717) is 11.7 Å². The van der Waals surface area contributed by atoms with Gasteiger partial charge in [-0.05, 0) is 19.4 Å². The summed E-state index contributed by atoms with van der Waals surface area (Å²) in [5.74, 6) is 1.57. The first kappa shape index (κ1) is 13.3. The Morgan fingerprint density at radius 1 is 1.35 bits per heavy atom. The molecule has 2 aromatic rings. The summed E-state index contributed by atoms with van der Waals surface area (Å²) in [7, 11) is 0. The summed E-state index contributed by atoms with van der Waals surface area (Å²) >= 11 is 0. The molecular formula is C14H21N5O. The average Bonchev–Trinajstić information content (AvgIpc) is 2.84. The average molecular weight is 275 g/mol. The second-order valence-corrected chi connectivity index (χ2v) is 6.52. The fourth-order valence-corrected chi connectivity index (χ4v) is 2.55. The second-order valence-electron chi connectivity index (χ2n) is 6.52. The number of fused-ring (bicyclic) bond motifs is 1. The van der Waals surface area contributed by atoms with Crippen LogP contribution in [0.3, 0.4) is 0 Å². The lowest BCUT2D eigenvalue weighted by atomic mass is 9.96. The zero-order valence-corrected chi connectivity index (χ0v) is 12.2. The predicted octanol–water partition coefficient (Wildman–Crippen LogP) is 1.18. The van der Waals surface area contributed by atoms with Crippen LogP contribution in [0.15, 0.2) is 10.9 Å². The molecule has 6 heteroatoms. The van der Waals surface area contributed by atoms with Gasteiger partial charge < -0.3 is 5.32 Å². The van der Waals surface area contributed by atoms with Crippen molar-refractivity contribution >= 4 is 5.78 Å².